The second kappa shape index (κ2) is 14.6. The molecule has 17 nitrogen and oxygen atoms in total. The zero-order valence-electron chi connectivity index (χ0n) is 18.5. The largest absolute Gasteiger partial charge is 0.479 e. The van der Waals surface area contributed by atoms with Gasteiger partial charge < -0.3 is 51.5 Å². The summed E-state index contributed by atoms with van der Waals surface area (Å²) in [6, 6.07) is 3.90. The minimum atomic E-state index is -2.27. The summed E-state index contributed by atoms with van der Waals surface area (Å²) in [6.07, 6.45) is -5.70. The van der Waals surface area contributed by atoms with E-state index in [2.05, 4.69) is 41.5 Å². The molecule has 1 aliphatic rings. The number of hydrogen-bond donors (Lipinski definition) is 10. The molecule has 0 aliphatic carbocycles. The van der Waals surface area contributed by atoms with E-state index in [-0.39, 0.29) is 0 Å². The van der Waals surface area contributed by atoms with Gasteiger partial charge in [-0.25, -0.2) is 19.2 Å². The second-order valence-electron chi connectivity index (χ2n) is 6.77. The molecule has 0 radical (unpaired) electrons. The lowest BCUT2D eigenvalue weighted by molar-refractivity contribution is -0.165. The number of aliphatic imine (C=N–C) groups is 1. The average molecular weight is 592 g/mol. The molecule has 0 bridgehead atoms. The van der Waals surface area contributed by atoms with Crippen LogP contribution in [0, 0.1) is 0 Å². The number of rotatable bonds is 7. The fraction of sp³-hybridized carbons (Fsp3) is 0.316. The number of nitrogens with one attached hydrogen (secondary N) is 2. The van der Waals surface area contributed by atoms with Crippen molar-refractivity contribution in [2.24, 2.45) is 4.99 Å². The molecule has 10 N–H and O–H groups in total. The summed E-state index contributed by atoms with van der Waals surface area (Å²) in [5, 5.41) is 71.4. The van der Waals surface area contributed by atoms with E-state index in [0.29, 0.717) is 0 Å². The Kier molecular flexibility index (Phi) is 12.2. The molecule has 2 aromatic rings. The summed E-state index contributed by atoms with van der Waals surface area (Å²) in [5.74, 6) is -6.27. The minimum absolute atomic E-state index is 0.800. The Balaban J connectivity index is 0.000000299. The molecule has 4 unspecified atom stereocenters. The standard InChI is InChI=1S/C11H10BrN5.2C4H6O6/c12-9-7(17-11-15-5-6-16-11)1-2-8-10(9)14-4-3-13-8;2*5-1(3(7)8)2(6)4(9)10/h1-4H,5-6H2,(H2,15,16,17);2*1-2,5-6H,(H,7,8)(H,9,10). The van der Waals surface area contributed by atoms with Crippen molar-refractivity contribution < 1.29 is 60.0 Å². The van der Waals surface area contributed by atoms with E-state index in [4.69, 9.17) is 40.9 Å². The molecule has 0 saturated carbocycles. The second-order valence-corrected chi connectivity index (χ2v) is 7.56. The van der Waals surface area contributed by atoms with Gasteiger partial charge in [-0.05, 0) is 28.1 Å². The molecule has 0 fully saturated rings. The molecule has 1 aromatic heterocycles. The molecular formula is C19H22BrN5O12. The van der Waals surface area contributed by atoms with Crippen LogP contribution in [0.2, 0.25) is 0 Å². The van der Waals surface area contributed by atoms with Crippen molar-refractivity contribution in [2.45, 2.75) is 24.4 Å². The molecule has 4 atom stereocenters. The number of fused-ring (bicyclic) bond motifs is 1. The number of aromatic nitrogens is 2. The van der Waals surface area contributed by atoms with Gasteiger partial charge in [0.05, 0.1) is 22.2 Å². The lowest BCUT2D eigenvalue weighted by Crippen LogP contribution is -2.39. The first-order valence-electron chi connectivity index (χ1n) is 9.86. The number of aliphatic hydroxyl groups is 4. The highest BCUT2D eigenvalue weighted by Gasteiger charge is 2.30. The van der Waals surface area contributed by atoms with Gasteiger partial charge in [0.15, 0.2) is 30.4 Å². The number of hydrogen-bond acceptors (Lipinski definition) is 13. The minimum Gasteiger partial charge on any atom is -0.479 e. The van der Waals surface area contributed by atoms with Crippen LogP contribution in [0.3, 0.4) is 0 Å². The van der Waals surface area contributed by atoms with Crippen molar-refractivity contribution >= 4 is 62.5 Å². The van der Waals surface area contributed by atoms with Crippen LogP contribution >= 0.6 is 15.9 Å². The summed E-state index contributed by atoms with van der Waals surface area (Å²) in [6.45, 7) is 1.70. The zero-order valence-corrected chi connectivity index (χ0v) is 20.0. The maximum Gasteiger partial charge on any atom is 0.335 e. The number of nitrogens with zero attached hydrogens (tertiary/aromatic N) is 3. The quantitative estimate of drug-likeness (QED) is 0.159. The Labute approximate surface area is 214 Å². The van der Waals surface area contributed by atoms with Crippen molar-refractivity contribution in [1.82, 2.24) is 15.3 Å². The number of benzene rings is 1. The van der Waals surface area contributed by atoms with Crippen LogP contribution in [0.4, 0.5) is 5.69 Å². The summed E-state index contributed by atoms with van der Waals surface area (Å²) in [4.78, 5) is 51.9. The number of carboxylic acids is 4. The van der Waals surface area contributed by atoms with Crippen molar-refractivity contribution in [2.75, 3.05) is 18.4 Å². The molecule has 1 aliphatic heterocycles. The number of halogens is 1. The lowest BCUT2D eigenvalue weighted by atomic mass is 10.2. The molecule has 1 aromatic carbocycles. The van der Waals surface area contributed by atoms with Gasteiger partial charge in [0.25, 0.3) is 0 Å². The van der Waals surface area contributed by atoms with Gasteiger partial charge in [-0.15, -0.1) is 0 Å². The number of aliphatic hydroxyl groups excluding tert-OH is 4. The Morgan fingerprint density at radius 3 is 1.68 bits per heavy atom. The van der Waals surface area contributed by atoms with E-state index < -0.39 is 48.3 Å². The molecule has 0 spiro atoms. The topological polar surface area (TPSA) is 292 Å². The molecule has 0 amide bonds. The Bertz CT molecular complexity index is 1090. The van der Waals surface area contributed by atoms with E-state index in [1.165, 1.54) is 0 Å². The van der Waals surface area contributed by atoms with Gasteiger partial charge in [0.2, 0.25) is 0 Å². The Morgan fingerprint density at radius 2 is 1.27 bits per heavy atom. The molecular weight excluding hydrogens is 570 g/mol. The first kappa shape index (κ1) is 31.1. The van der Waals surface area contributed by atoms with Crippen LogP contribution in [0.1, 0.15) is 0 Å². The van der Waals surface area contributed by atoms with E-state index in [1.807, 2.05) is 12.1 Å². The lowest BCUT2D eigenvalue weighted by Gasteiger charge is -2.09. The van der Waals surface area contributed by atoms with Crippen LogP contribution < -0.4 is 10.6 Å². The average Bonchev–Trinajstić information content (AvgIpc) is 3.37. The fourth-order valence-corrected chi connectivity index (χ4v) is 2.79. The zero-order chi connectivity index (χ0) is 28.3. The number of carbonyl (C=O) groups is 4. The number of carboxylic acid groups (broad SMARTS) is 4. The summed E-state index contributed by atoms with van der Waals surface area (Å²) in [5.41, 5.74) is 2.65. The van der Waals surface area contributed by atoms with Crippen molar-refractivity contribution in [3.63, 3.8) is 0 Å². The molecule has 202 valence electrons. The number of guanidine groups is 1. The normalized spacial score (nSPS) is 15.2. The van der Waals surface area contributed by atoms with Gasteiger partial charge in [-0.2, -0.15) is 0 Å². The maximum atomic E-state index is 9.77. The highest BCUT2D eigenvalue weighted by Crippen LogP contribution is 2.28. The van der Waals surface area contributed by atoms with Gasteiger partial charge in [-0.3, -0.25) is 15.0 Å². The van der Waals surface area contributed by atoms with Crippen molar-refractivity contribution in [3.05, 3.63) is 29.0 Å². The van der Waals surface area contributed by atoms with E-state index >= 15 is 0 Å². The third-order valence-corrected chi connectivity index (χ3v) is 4.92. The predicted molar refractivity (Wildman–Crippen MR) is 126 cm³/mol. The highest BCUT2D eigenvalue weighted by atomic mass is 79.9. The third-order valence-electron chi connectivity index (χ3n) is 4.12. The summed E-state index contributed by atoms with van der Waals surface area (Å²) >= 11 is 3.54. The fourth-order valence-electron chi connectivity index (χ4n) is 2.25. The Hall–Kier alpha value is -3.97. The maximum absolute atomic E-state index is 9.77. The van der Waals surface area contributed by atoms with Crippen LogP contribution in [-0.2, 0) is 19.2 Å². The van der Waals surface area contributed by atoms with Crippen LogP contribution in [0.25, 0.3) is 11.0 Å². The van der Waals surface area contributed by atoms with E-state index in [1.54, 1.807) is 12.4 Å². The third kappa shape index (κ3) is 9.54. The van der Waals surface area contributed by atoms with Crippen LogP contribution in [-0.4, -0.2) is 118 Å². The molecule has 3 rings (SSSR count). The number of anilines is 1. The van der Waals surface area contributed by atoms with Gasteiger partial charge in [0.1, 0.15) is 5.52 Å². The van der Waals surface area contributed by atoms with E-state index in [0.717, 1.165) is 40.2 Å². The van der Waals surface area contributed by atoms with Gasteiger partial charge in [-0.1, -0.05) is 0 Å². The van der Waals surface area contributed by atoms with Crippen molar-refractivity contribution in [3.8, 4) is 0 Å². The smallest absolute Gasteiger partial charge is 0.335 e. The number of aliphatic carboxylic acids is 4. The van der Waals surface area contributed by atoms with Crippen LogP contribution in [0.15, 0.2) is 34.0 Å². The molecule has 2 heterocycles. The first-order valence-corrected chi connectivity index (χ1v) is 10.6. The van der Waals surface area contributed by atoms with Gasteiger partial charge >= 0.3 is 23.9 Å². The van der Waals surface area contributed by atoms with Gasteiger partial charge in [0, 0.05) is 18.9 Å². The van der Waals surface area contributed by atoms with E-state index in [9.17, 15) is 19.2 Å². The summed E-state index contributed by atoms with van der Waals surface area (Å²) < 4.78 is 0.902. The molecule has 18 heteroatoms. The monoisotopic (exact) mass is 591 g/mol. The van der Waals surface area contributed by atoms with Crippen LogP contribution in [0.5, 0.6) is 0 Å². The van der Waals surface area contributed by atoms with Crippen molar-refractivity contribution in [1.29, 1.82) is 0 Å². The first-order chi connectivity index (χ1) is 17.3. The Morgan fingerprint density at radius 1 is 0.811 bits per heavy atom. The molecule has 0 saturated heterocycles. The molecule has 37 heavy (non-hydrogen) atoms. The summed E-state index contributed by atoms with van der Waals surface area (Å²) in [7, 11) is 0. The SMILES string of the molecule is Brc1c(NC2=NCCN2)ccc2nccnc12.O=C(O)C(O)C(O)C(=O)O.O=C(O)C(O)C(O)C(=O)O. The predicted octanol–water partition coefficient (Wildman–Crippen LogP) is -2.48. The highest BCUT2D eigenvalue weighted by molar-refractivity contribution is 9.10.